The number of hydrogen-bond acceptors (Lipinski definition) is 3. The first kappa shape index (κ1) is 14.7. The van der Waals surface area contributed by atoms with Crippen LogP contribution in [0.25, 0.3) is 0 Å². The Kier molecular flexibility index (Phi) is 4.25. The van der Waals surface area contributed by atoms with Crippen LogP contribution in [0.5, 0.6) is 0 Å². The number of aryl methyl sites for hydroxylation is 2. The lowest BCUT2D eigenvalue weighted by Gasteiger charge is -2.10. The van der Waals surface area contributed by atoms with Crippen molar-refractivity contribution in [3.8, 4) is 0 Å². The molecule has 0 bridgehead atoms. The summed E-state index contributed by atoms with van der Waals surface area (Å²) in [7, 11) is 0. The third-order valence-electron chi connectivity index (χ3n) is 2.78. The van der Waals surface area contributed by atoms with Crippen molar-refractivity contribution in [3.05, 3.63) is 51.4 Å². The number of amides is 1. The molecule has 0 spiro atoms. The van der Waals surface area contributed by atoms with Gasteiger partial charge in [-0.3, -0.25) is 4.79 Å². The van der Waals surface area contributed by atoms with E-state index in [1.54, 1.807) is 32.0 Å². The van der Waals surface area contributed by atoms with Crippen molar-refractivity contribution < 1.29 is 9.21 Å². The highest BCUT2D eigenvalue weighted by Crippen LogP contribution is 2.23. The number of rotatable bonds is 3. The van der Waals surface area contributed by atoms with E-state index in [9.17, 15) is 4.79 Å². The van der Waals surface area contributed by atoms with Gasteiger partial charge in [-0.05, 0) is 38.1 Å². The molecule has 1 aromatic carbocycles. The molecule has 6 heteroatoms. The molecule has 0 aliphatic heterocycles. The number of carbonyl (C=O) groups is 1. The van der Waals surface area contributed by atoms with E-state index in [1.165, 1.54) is 0 Å². The van der Waals surface area contributed by atoms with E-state index in [2.05, 4.69) is 21.2 Å². The van der Waals surface area contributed by atoms with E-state index in [1.807, 2.05) is 6.07 Å². The van der Waals surface area contributed by atoms with Crippen LogP contribution in [-0.4, -0.2) is 10.9 Å². The molecule has 1 aromatic heterocycles. The fourth-order valence-corrected chi connectivity index (χ4v) is 2.41. The maximum absolute atomic E-state index is 12.2. The van der Waals surface area contributed by atoms with Crippen molar-refractivity contribution in [2.45, 2.75) is 13.8 Å². The zero-order chi connectivity index (χ0) is 14.9. The van der Waals surface area contributed by atoms with Crippen LogP contribution in [0.15, 0.2) is 33.2 Å². The molecule has 0 saturated carbocycles. The van der Waals surface area contributed by atoms with E-state index in [-0.39, 0.29) is 10.9 Å². The predicted molar refractivity (Wildman–Crippen MR) is 86.2 cm³/mol. The van der Waals surface area contributed by atoms with Gasteiger partial charge in [0.25, 0.3) is 5.91 Å². The number of carbonyl (C=O) groups excluding carboxylic acids is 1. The maximum Gasteiger partial charge on any atom is 0.259 e. The lowest BCUT2D eigenvalue weighted by Crippen LogP contribution is -2.17. The summed E-state index contributed by atoms with van der Waals surface area (Å²) in [6, 6.07) is 7.03. The average Bonchev–Trinajstić information content (AvgIpc) is 2.70. The van der Waals surface area contributed by atoms with Crippen LogP contribution >= 0.6 is 28.1 Å². The Balaban J connectivity index is 2.33. The highest BCUT2D eigenvalue weighted by atomic mass is 79.9. The van der Waals surface area contributed by atoms with Crippen LogP contribution < -0.4 is 11.1 Å². The van der Waals surface area contributed by atoms with Gasteiger partial charge in [0.1, 0.15) is 16.5 Å². The zero-order valence-electron chi connectivity index (χ0n) is 11.0. The quantitative estimate of drug-likeness (QED) is 0.829. The Bertz CT molecular complexity index is 694. The number of halogens is 1. The number of nitrogens with two attached hydrogens (primary N) is 1. The zero-order valence-corrected chi connectivity index (χ0v) is 13.4. The lowest BCUT2D eigenvalue weighted by molar-refractivity contribution is 0.102. The predicted octanol–water partition coefficient (Wildman–Crippen LogP) is 3.55. The van der Waals surface area contributed by atoms with E-state index in [0.717, 1.165) is 4.47 Å². The van der Waals surface area contributed by atoms with Crippen molar-refractivity contribution in [2.75, 3.05) is 5.32 Å². The maximum atomic E-state index is 12.2. The first-order chi connectivity index (χ1) is 9.38. The molecule has 1 amide bonds. The molecule has 2 aromatic rings. The summed E-state index contributed by atoms with van der Waals surface area (Å²) in [6.45, 7) is 3.54. The molecule has 0 aliphatic carbocycles. The second-order valence-electron chi connectivity index (χ2n) is 4.34. The largest absolute Gasteiger partial charge is 0.466 e. The highest BCUT2D eigenvalue weighted by molar-refractivity contribution is 9.10. The Hall–Kier alpha value is -1.66. The van der Waals surface area contributed by atoms with Crippen LogP contribution in [0.1, 0.15) is 27.4 Å². The van der Waals surface area contributed by atoms with Crippen LogP contribution in [0.2, 0.25) is 0 Å². The molecule has 0 unspecified atom stereocenters. The van der Waals surface area contributed by atoms with E-state index < -0.39 is 0 Å². The molecule has 0 atom stereocenters. The van der Waals surface area contributed by atoms with Gasteiger partial charge < -0.3 is 15.5 Å². The van der Waals surface area contributed by atoms with Gasteiger partial charge in [-0.1, -0.05) is 28.1 Å². The standard InChI is InChI=1S/C14H13BrN2O2S/c1-7-5-10(8(2)19-7)14(18)17-12-4-3-9(15)6-11(12)13(16)20/h3-6H,1-2H3,(H2,16,20)(H,17,18). The number of anilines is 1. The summed E-state index contributed by atoms with van der Waals surface area (Å²) >= 11 is 8.34. The molecule has 0 fully saturated rings. The fraction of sp³-hybridized carbons (Fsp3) is 0.143. The Morgan fingerprint density at radius 1 is 1.30 bits per heavy atom. The molecular formula is C14H13BrN2O2S. The molecule has 0 aliphatic rings. The number of hydrogen-bond donors (Lipinski definition) is 2. The minimum absolute atomic E-state index is 0.224. The molecule has 0 saturated heterocycles. The van der Waals surface area contributed by atoms with Gasteiger partial charge in [-0.15, -0.1) is 0 Å². The second-order valence-corrected chi connectivity index (χ2v) is 5.69. The smallest absolute Gasteiger partial charge is 0.259 e. The highest BCUT2D eigenvalue weighted by Gasteiger charge is 2.15. The monoisotopic (exact) mass is 352 g/mol. The van der Waals surface area contributed by atoms with Gasteiger partial charge in [0, 0.05) is 10.0 Å². The normalized spacial score (nSPS) is 10.3. The minimum atomic E-state index is -0.251. The summed E-state index contributed by atoms with van der Waals surface area (Å²) in [4.78, 5) is 12.5. The molecule has 3 N–H and O–H groups in total. The fourth-order valence-electron chi connectivity index (χ4n) is 1.88. The van der Waals surface area contributed by atoms with Crippen LogP contribution in [0.3, 0.4) is 0 Å². The van der Waals surface area contributed by atoms with Gasteiger partial charge in [-0.2, -0.15) is 0 Å². The van der Waals surface area contributed by atoms with Crippen LogP contribution in [-0.2, 0) is 0 Å². The molecule has 0 radical (unpaired) electrons. The van der Waals surface area contributed by atoms with Gasteiger partial charge in [-0.25, -0.2) is 0 Å². The third-order valence-corrected chi connectivity index (χ3v) is 3.49. The van der Waals surface area contributed by atoms with Gasteiger partial charge >= 0.3 is 0 Å². The number of nitrogens with one attached hydrogen (secondary N) is 1. The summed E-state index contributed by atoms with van der Waals surface area (Å²) in [6.07, 6.45) is 0. The molecular weight excluding hydrogens is 340 g/mol. The summed E-state index contributed by atoms with van der Waals surface area (Å²) in [5.41, 5.74) is 7.36. The first-order valence-electron chi connectivity index (χ1n) is 5.86. The Morgan fingerprint density at radius 2 is 2.00 bits per heavy atom. The van der Waals surface area contributed by atoms with E-state index >= 15 is 0 Å². The Labute approximate surface area is 130 Å². The average molecular weight is 353 g/mol. The number of benzene rings is 1. The molecule has 20 heavy (non-hydrogen) atoms. The third kappa shape index (κ3) is 3.08. The first-order valence-corrected chi connectivity index (χ1v) is 7.06. The van der Waals surface area contributed by atoms with Crippen LogP contribution in [0, 0.1) is 13.8 Å². The summed E-state index contributed by atoms with van der Waals surface area (Å²) < 4.78 is 6.19. The second kappa shape index (κ2) is 5.76. The lowest BCUT2D eigenvalue weighted by atomic mass is 10.1. The summed E-state index contributed by atoms with van der Waals surface area (Å²) in [5, 5.41) is 2.80. The number of furan rings is 1. The van der Waals surface area contributed by atoms with Crippen molar-refractivity contribution in [2.24, 2.45) is 5.73 Å². The van der Waals surface area contributed by atoms with Gasteiger partial charge in [0.2, 0.25) is 0 Å². The van der Waals surface area contributed by atoms with E-state index in [4.69, 9.17) is 22.4 Å². The minimum Gasteiger partial charge on any atom is -0.466 e. The summed E-state index contributed by atoms with van der Waals surface area (Å²) in [5.74, 6) is 1.02. The van der Waals surface area contributed by atoms with Crippen molar-refractivity contribution in [1.82, 2.24) is 0 Å². The SMILES string of the molecule is Cc1cc(C(=O)Nc2ccc(Br)cc2C(N)=S)c(C)o1. The molecule has 104 valence electrons. The van der Waals surface area contributed by atoms with Crippen molar-refractivity contribution in [1.29, 1.82) is 0 Å². The van der Waals surface area contributed by atoms with Crippen LogP contribution in [0.4, 0.5) is 5.69 Å². The van der Waals surface area contributed by atoms with Crippen molar-refractivity contribution >= 4 is 44.7 Å². The van der Waals surface area contributed by atoms with Gasteiger partial charge in [0.15, 0.2) is 0 Å². The molecule has 1 heterocycles. The van der Waals surface area contributed by atoms with E-state index in [0.29, 0.717) is 28.3 Å². The Morgan fingerprint density at radius 3 is 2.55 bits per heavy atom. The molecule has 4 nitrogen and oxygen atoms in total. The topological polar surface area (TPSA) is 68.3 Å². The van der Waals surface area contributed by atoms with Crippen molar-refractivity contribution in [3.63, 3.8) is 0 Å². The van der Waals surface area contributed by atoms with Gasteiger partial charge in [0.05, 0.1) is 11.3 Å². The molecule has 2 rings (SSSR count). The number of thiocarbonyl (C=S) groups is 1.